The van der Waals surface area contributed by atoms with Crippen LogP contribution in [0.2, 0.25) is 0 Å². The lowest BCUT2D eigenvalue weighted by molar-refractivity contribution is 0.0950. The highest BCUT2D eigenvalue weighted by Crippen LogP contribution is 2.29. The van der Waals surface area contributed by atoms with Crippen LogP contribution in [-0.2, 0) is 0 Å². The molecular formula is C24H22N4O3. The summed E-state index contributed by atoms with van der Waals surface area (Å²) in [5, 5.41) is 23.0. The molecule has 1 amide bonds. The highest BCUT2D eigenvalue weighted by Gasteiger charge is 2.14. The molecule has 0 aliphatic rings. The molecule has 0 fully saturated rings. The van der Waals surface area contributed by atoms with Crippen molar-refractivity contribution in [3.05, 3.63) is 78.0 Å². The van der Waals surface area contributed by atoms with Crippen LogP contribution in [0, 0.1) is 0 Å². The number of phenolic OH excluding ortho intramolecular Hbond substituents is 1. The molecule has 4 rings (SSSR count). The number of aromatic hydroxyl groups is 1. The molecule has 31 heavy (non-hydrogen) atoms. The Bertz CT molecular complexity index is 1250. The molecule has 0 radical (unpaired) electrons. The minimum atomic E-state index is -0.443. The Morgan fingerprint density at radius 2 is 1.97 bits per heavy atom. The molecule has 3 N–H and O–H groups in total. The van der Waals surface area contributed by atoms with Gasteiger partial charge in [-0.25, -0.2) is 5.43 Å². The van der Waals surface area contributed by atoms with E-state index in [9.17, 15) is 9.90 Å². The smallest absolute Gasteiger partial charge is 0.289 e. The number of aromatic amines is 1. The molecule has 4 aromatic rings. The van der Waals surface area contributed by atoms with Crippen molar-refractivity contribution in [3.8, 4) is 22.8 Å². The highest BCUT2D eigenvalue weighted by molar-refractivity contribution is 6.03. The monoisotopic (exact) mass is 414 g/mol. The number of carbonyl (C=O) groups is 1. The van der Waals surface area contributed by atoms with E-state index < -0.39 is 5.91 Å². The summed E-state index contributed by atoms with van der Waals surface area (Å²) in [5.74, 6) is 0.359. The first-order valence-corrected chi connectivity index (χ1v) is 9.99. The first-order valence-electron chi connectivity index (χ1n) is 9.99. The summed E-state index contributed by atoms with van der Waals surface area (Å²) in [4.78, 5) is 12.5. The van der Waals surface area contributed by atoms with Crippen LogP contribution >= 0.6 is 0 Å². The standard InChI is InChI=1S/C24H22N4O3/c1-2-13-31-23-10-6-5-9-18(23)20-14-21(27-26-20)24(30)28-25-15-19-17-8-4-3-7-16(17)11-12-22(19)29/h3-12,14-15,29H,2,13H2,1H3,(H,26,27)(H,28,30)/b25-15+. The van der Waals surface area contributed by atoms with Gasteiger partial charge in [0.25, 0.3) is 5.91 Å². The maximum absolute atomic E-state index is 12.5. The first kappa shape index (κ1) is 20.2. The van der Waals surface area contributed by atoms with Gasteiger partial charge in [0.1, 0.15) is 17.2 Å². The number of fused-ring (bicyclic) bond motifs is 1. The third-order valence-corrected chi connectivity index (χ3v) is 4.75. The number of nitrogens with one attached hydrogen (secondary N) is 2. The van der Waals surface area contributed by atoms with Crippen molar-refractivity contribution in [2.75, 3.05) is 6.61 Å². The van der Waals surface area contributed by atoms with Gasteiger partial charge < -0.3 is 9.84 Å². The van der Waals surface area contributed by atoms with Crippen molar-refractivity contribution >= 4 is 22.9 Å². The van der Waals surface area contributed by atoms with E-state index in [1.165, 1.54) is 6.21 Å². The summed E-state index contributed by atoms with van der Waals surface area (Å²) in [6.45, 7) is 2.64. The predicted molar refractivity (Wildman–Crippen MR) is 120 cm³/mol. The number of nitrogens with zero attached hydrogens (tertiary/aromatic N) is 2. The van der Waals surface area contributed by atoms with Gasteiger partial charge in [-0.1, -0.05) is 49.4 Å². The Labute approximate surface area is 179 Å². The van der Waals surface area contributed by atoms with Gasteiger partial charge in [0.05, 0.1) is 18.5 Å². The molecule has 156 valence electrons. The van der Waals surface area contributed by atoms with Crippen molar-refractivity contribution in [1.82, 2.24) is 15.6 Å². The van der Waals surface area contributed by atoms with Gasteiger partial charge in [0.2, 0.25) is 0 Å². The molecule has 0 spiro atoms. The van der Waals surface area contributed by atoms with Crippen molar-refractivity contribution in [1.29, 1.82) is 0 Å². The molecule has 0 saturated heterocycles. The minimum absolute atomic E-state index is 0.0872. The number of aromatic nitrogens is 2. The van der Waals surface area contributed by atoms with Gasteiger partial charge in [-0.2, -0.15) is 10.2 Å². The summed E-state index contributed by atoms with van der Waals surface area (Å²) in [6.07, 6.45) is 2.33. The lowest BCUT2D eigenvalue weighted by atomic mass is 10.0. The van der Waals surface area contributed by atoms with Crippen LogP contribution in [0.25, 0.3) is 22.0 Å². The van der Waals surface area contributed by atoms with E-state index in [1.807, 2.05) is 61.5 Å². The van der Waals surface area contributed by atoms with Crippen LogP contribution in [0.1, 0.15) is 29.4 Å². The van der Waals surface area contributed by atoms with Crippen LogP contribution in [0.4, 0.5) is 0 Å². The third-order valence-electron chi connectivity index (χ3n) is 4.75. The van der Waals surface area contributed by atoms with Crippen LogP contribution in [0.3, 0.4) is 0 Å². The molecule has 0 bridgehead atoms. The van der Waals surface area contributed by atoms with Gasteiger partial charge in [-0.3, -0.25) is 9.89 Å². The average Bonchev–Trinajstić information content (AvgIpc) is 3.29. The van der Waals surface area contributed by atoms with Crippen LogP contribution < -0.4 is 10.2 Å². The van der Waals surface area contributed by atoms with Gasteiger partial charge in [0, 0.05) is 11.1 Å². The Hall–Kier alpha value is -4.13. The first-order chi connectivity index (χ1) is 15.2. The zero-order valence-corrected chi connectivity index (χ0v) is 17.0. The second-order valence-corrected chi connectivity index (χ2v) is 6.93. The van der Waals surface area contributed by atoms with Crippen molar-refractivity contribution < 1.29 is 14.6 Å². The number of ether oxygens (including phenoxy) is 1. The van der Waals surface area contributed by atoms with E-state index in [0.29, 0.717) is 23.6 Å². The Balaban J connectivity index is 1.50. The molecule has 3 aromatic carbocycles. The highest BCUT2D eigenvalue weighted by atomic mass is 16.5. The molecule has 7 nitrogen and oxygen atoms in total. The van der Waals surface area contributed by atoms with E-state index in [-0.39, 0.29) is 11.4 Å². The zero-order chi connectivity index (χ0) is 21.6. The minimum Gasteiger partial charge on any atom is -0.507 e. The molecule has 0 unspecified atom stereocenters. The lowest BCUT2D eigenvalue weighted by Gasteiger charge is -2.08. The fourth-order valence-corrected chi connectivity index (χ4v) is 3.23. The van der Waals surface area contributed by atoms with E-state index in [0.717, 1.165) is 22.8 Å². The second-order valence-electron chi connectivity index (χ2n) is 6.93. The normalized spacial score (nSPS) is 11.1. The Morgan fingerprint density at radius 3 is 2.84 bits per heavy atom. The third kappa shape index (κ3) is 4.40. The number of rotatable bonds is 7. The fraction of sp³-hybridized carbons (Fsp3) is 0.125. The maximum atomic E-state index is 12.5. The van der Waals surface area contributed by atoms with Gasteiger partial charge >= 0.3 is 0 Å². The van der Waals surface area contributed by atoms with Crippen molar-refractivity contribution in [2.24, 2.45) is 5.10 Å². The molecule has 0 saturated carbocycles. The van der Waals surface area contributed by atoms with Gasteiger partial charge in [-0.05, 0) is 41.5 Å². The summed E-state index contributed by atoms with van der Waals surface area (Å²) in [7, 11) is 0. The number of H-pyrrole nitrogens is 1. The molecule has 1 aromatic heterocycles. The summed E-state index contributed by atoms with van der Waals surface area (Å²) < 4.78 is 5.77. The van der Waals surface area contributed by atoms with E-state index >= 15 is 0 Å². The number of carbonyl (C=O) groups excluding carboxylic acids is 1. The van der Waals surface area contributed by atoms with E-state index in [1.54, 1.807) is 12.1 Å². The van der Waals surface area contributed by atoms with Crippen molar-refractivity contribution in [2.45, 2.75) is 13.3 Å². The summed E-state index contributed by atoms with van der Waals surface area (Å²) in [6, 6.07) is 20.3. The SMILES string of the molecule is CCCOc1ccccc1-c1cc(C(=O)N/N=C/c2c(O)ccc3ccccc23)[nH]n1. The molecule has 7 heteroatoms. The maximum Gasteiger partial charge on any atom is 0.289 e. The predicted octanol–water partition coefficient (Wildman–Crippen LogP) is 4.49. The summed E-state index contributed by atoms with van der Waals surface area (Å²) >= 11 is 0. The Morgan fingerprint density at radius 1 is 1.16 bits per heavy atom. The molecular weight excluding hydrogens is 392 g/mol. The molecule has 0 aliphatic heterocycles. The summed E-state index contributed by atoms with van der Waals surface area (Å²) in [5.41, 5.74) is 4.67. The lowest BCUT2D eigenvalue weighted by Crippen LogP contribution is -2.18. The number of amides is 1. The fourth-order valence-electron chi connectivity index (χ4n) is 3.23. The number of para-hydroxylation sites is 1. The van der Waals surface area contributed by atoms with E-state index in [2.05, 4.69) is 20.7 Å². The quantitative estimate of drug-likeness (QED) is 0.306. The molecule has 0 aliphatic carbocycles. The van der Waals surface area contributed by atoms with Crippen LogP contribution in [-0.4, -0.2) is 34.0 Å². The second kappa shape index (κ2) is 9.13. The topological polar surface area (TPSA) is 99.6 Å². The largest absolute Gasteiger partial charge is 0.507 e. The van der Waals surface area contributed by atoms with E-state index in [4.69, 9.17) is 4.74 Å². The Kier molecular flexibility index (Phi) is 5.93. The van der Waals surface area contributed by atoms with Gasteiger partial charge in [0.15, 0.2) is 0 Å². The van der Waals surface area contributed by atoms with Crippen LogP contribution in [0.15, 0.2) is 71.8 Å². The van der Waals surface area contributed by atoms with Crippen LogP contribution in [0.5, 0.6) is 11.5 Å². The number of phenols is 1. The average molecular weight is 414 g/mol. The number of hydrogen-bond acceptors (Lipinski definition) is 5. The number of benzene rings is 3. The van der Waals surface area contributed by atoms with Crippen molar-refractivity contribution in [3.63, 3.8) is 0 Å². The van der Waals surface area contributed by atoms with Gasteiger partial charge in [-0.15, -0.1) is 0 Å². The number of hydrogen-bond donors (Lipinski definition) is 3. The molecule has 0 atom stereocenters. The number of hydrazone groups is 1. The zero-order valence-electron chi connectivity index (χ0n) is 17.0. The molecule has 1 heterocycles.